The lowest BCUT2D eigenvalue weighted by atomic mass is 9.95. The first kappa shape index (κ1) is 5.71. The average Bonchev–Trinajstić information content (AvgIpc) is 2.36. The van der Waals surface area contributed by atoms with Crippen molar-refractivity contribution in [2.75, 3.05) is 0 Å². The van der Waals surface area contributed by atoms with Crippen LogP contribution in [0.2, 0.25) is 0 Å². The predicted octanol–water partition coefficient (Wildman–Crippen LogP) is 1.53. The Balaban J connectivity index is 2.50. The van der Waals surface area contributed by atoms with Gasteiger partial charge in [-0.15, -0.1) is 0 Å². The average molecular weight is 135 g/mol. The molecule has 0 fully saturated rings. The summed E-state index contributed by atoms with van der Waals surface area (Å²) in [6, 6.07) is 0. The van der Waals surface area contributed by atoms with Crippen molar-refractivity contribution in [3.8, 4) is 0 Å². The molecule has 1 aromatic rings. The van der Waals surface area contributed by atoms with E-state index < -0.39 is 0 Å². The number of rotatable bonds is 0. The number of carbonyl (C=O) groups excluding carboxylic acids is 1. The summed E-state index contributed by atoms with van der Waals surface area (Å²) in [5.74, 6) is 0.294. The van der Waals surface area contributed by atoms with E-state index in [-0.39, 0.29) is 0 Å². The van der Waals surface area contributed by atoms with Crippen LogP contribution in [0.25, 0.3) is 0 Å². The van der Waals surface area contributed by atoms with Crippen molar-refractivity contribution in [1.29, 1.82) is 0 Å². The number of nitrogens with one attached hydrogen (secondary N) is 1. The van der Waals surface area contributed by atoms with Crippen LogP contribution in [0, 0.1) is 0 Å². The first-order valence-electron chi connectivity index (χ1n) is 3.57. The molecule has 0 saturated carbocycles. The third kappa shape index (κ3) is 0.685. The molecule has 1 aliphatic carbocycles. The van der Waals surface area contributed by atoms with E-state index in [4.69, 9.17) is 0 Å². The van der Waals surface area contributed by atoms with Gasteiger partial charge >= 0.3 is 0 Å². The summed E-state index contributed by atoms with van der Waals surface area (Å²) in [5, 5.41) is 0. The minimum absolute atomic E-state index is 0.294. The smallest absolute Gasteiger partial charge is 0.164 e. The van der Waals surface area contributed by atoms with Crippen molar-refractivity contribution < 1.29 is 4.79 Å². The second-order valence-corrected chi connectivity index (χ2v) is 2.67. The second kappa shape index (κ2) is 1.97. The van der Waals surface area contributed by atoms with Gasteiger partial charge in [-0.1, -0.05) is 0 Å². The van der Waals surface area contributed by atoms with E-state index >= 15 is 0 Å². The molecule has 0 amide bonds. The Morgan fingerprint density at radius 2 is 2.20 bits per heavy atom. The number of hydrogen-bond acceptors (Lipinski definition) is 1. The Hall–Kier alpha value is -1.05. The molecule has 0 unspecified atom stereocenters. The second-order valence-electron chi connectivity index (χ2n) is 2.67. The van der Waals surface area contributed by atoms with Gasteiger partial charge in [-0.05, 0) is 18.4 Å². The molecular weight excluding hydrogens is 126 g/mol. The number of aromatic nitrogens is 1. The van der Waals surface area contributed by atoms with Crippen LogP contribution >= 0.6 is 0 Å². The molecule has 1 heterocycles. The van der Waals surface area contributed by atoms with Gasteiger partial charge in [0.25, 0.3) is 0 Å². The van der Waals surface area contributed by atoms with Crippen LogP contribution in [-0.4, -0.2) is 10.8 Å². The van der Waals surface area contributed by atoms with E-state index in [0.717, 1.165) is 24.8 Å². The summed E-state index contributed by atoms with van der Waals surface area (Å²) in [4.78, 5) is 14.1. The molecule has 0 radical (unpaired) electrons. The van der Waals surface area contributed by atoms with Crippen molar-refractivity contribution in [3.05, 3.63) is 23.5 Å². The fourth-order valence-corrected chi connectivity index (χ4v) is 1.44. The lowest BCUT2D eigenvalue weighted by Crippen LogP contribution is -2.07. The molecule has 2 rings (SSSR count). The van der Waals surface area contributed by atoms with Gasteiger partial charge in [0.15, 0.2) is 5.78 Å². The maximum Gasteiger partial charge on any atom is 0.164 e. The number of ketones is 1. The van der Waals surface area contributed by atoms with Crippen LogP contribution in [0.3, 0.4) is 0 Å². The van der Waals surface area contributed by atoms with Crippen LogP contribution in [0.1, 0.15) is 28.8 Å². The Kier molecular flexibility index (Phi) is 1.13. The summed E-state index contributed by atoms with van der Waals surface area (Å²) in [5.41, 5.74) is 2.10. The van der Waals surface area contributed by atoms with Gasteiger partial charge in [0, 0.05) is 24.4 Å². The largest absolute Gasteiger partial charge is 0.367 e. The van der Waals surface area contributed by atoms with Gasteiger partial charge in [-0.3, -0.25) is 4.79 Å². The topological polar surface area (TPSA) is 32.9 Å². The number of carbonyl (C=O) groups is 1. The summed E-state index contributed by atoms with van der Waals surface area (Å²) >= 11 is 0. The van der Waals surface area contributed by atoms with Gasteiger partial charge in [0.2, 0.25) is 0 Å². The van der Waals surface area contributed by atoms with E-state index in [2.05, 4.69) is 4.98 Å². The number of aryl methyl sites for hydroxylation is 1. The van der Waals surface area contributed by atoms with E-state index in [1.807, 2.05) is 6.20 Å². The predicted molar refractivity (Wildman–Crippen MR) is 38.1 cm³/mol. The number of fused-ring (bicyclic) bond motifs is 1. The molecular formula is C8H9NO. The Morgan fingerprint density at radius 1 is 1.30 bits per heavy atom. The minimum Gasteiger partial charge on any atom is -0.367 e. The molecule has 52 valence electrons. The highest BCUT2D eigenvalue weighted by molar-refractivity contribution is 5.98. The highest BCUT2D eigenvalue weighted by Gasteiger charge is 2.16. The van der Waals surface area contributed by atoms with Gasteiger partial charge in [0.1, 0.15) is 0 Å². The van der Waals surface area contributed by atoms with Crippen LogP contribution < -0.4 is 0 Å². The lowest BCUT2D eigenvalue weighted by molar-refractivity contribution is 0.0973. The summed E-state index contributed by atoms with van der Waals surface area (Å²) in [7, 11) is 0. The maximum absolute atomic E-state index is 11.1. The van der Waals surface area contributed by atoms with Gasteiger partial charge in [-0.25, -0.2) is 0 Å². The van der Waals surface area contributed by atoms with E-state index in [1.54, 1.807) is 6.20 Å². The molecule has 0 aromatic carbocycles. The van der Waals surface area contributed by atoms with E-state index in [9.17, 15) is 4.79 Å². The number of Topliss-reactive ketones (excluding diaryl/α,β-unsaturated/α-hetero) is 1. The number of H-pyrrole nitrogens is 1. The van der Waals surface area contributed by atoms with Crippen molar-refractivity contribution >= 4 is 5.78 Å². The van der Waals surface area contributed by atoms with E-state index in [1.165, 1.54) is 5.56 Å². The van der Waals surface area contributed by atoms with Crippen LogP contribution in [0.5, 0.6) is 0 Å². The Labute approximate surface area is 59.3 Å². The van der Waals surface area contributed by atoms with Crippen molar-refractivity contribution in [2.45, 2.75) is 19.3 Å². The van der Waals surface area contributed by atoms with Gasteiger partial charge in [0.05, 0.1) is 0 Å². The maximum atomic E-state index is 11.1. The molecule has 10 heavy (non-hydrogen) atoms. The van der Waals surface area contributed by atoms with Crippen LogP contribution in [-0.2, 0) is 6.42 Å². The molecule has 1 aromatic heterocycles. The van der Waals surface area contributed by atoms with E-state index in [0.29, 0.717) is 5.78 Å². The highest BCUT2D eigenvalue weighted by Crippen LogP contribution is 2.19. The summed E-state index contributed by atoms with van der Waals surface area (Å²) in [6.07, 6.45) is 6.53. The first-order chi connectivity index (χ1) is 4.88. The molecule has 0 spiro atoms. The minimum atomic E-state index is 0.294. The zero-order valence-corrected chi connectivity index (χ0v) is 5.68. The van der Waals surface area contributed by atoms with Crippen molar-refractivity contribution in [1.82, 2.24) is 4.98 Å². The number of hydrogen-bond donors (Lipinski definition) is 1. The highest BCUT2D eigenvalue weighted by atomic mass is 16.1. The van der Waals surface area contributed by atoms with Crippen LogP contribution in [0.15, 0.2) is 12.4 Å². The fraction of sp³-hybridized carbons (Fsp3) is 0.375. The van der Waals surface area contributed by atoms with Gasteiger partial charge in [-0.2, -0.15) is 0 Å². The molecule has 0 aliphatic heterocycles. The molecule has 1 N–H and O–H groups in total. The molecule has 0 atom stereocenters. The molecule has 2 nitrogen and oxygen atoms in total. The molecule has 0 bridgehead atoms. The monoisotopic (exact) mass is 135 g/mol. The Bertz CT molecular complexity index is 262. The number of aromatic amines is 1. The zero-order chi connectivity index (χ0) is 6.97. The van der Waals surface area contributed by atoms with Gasteiger partial charge < -0.3 is 4.98 Å². The SMILES string of the molecule is O=C1CCCc2c[nH]cc21. The van der Waals surface area contributed by atoms with Crippen molar-refractivity contribution in [2.24, 2.45) is 0 Å². The normalized spacial score (nSPS) is 17.0. The molecule has 2 heteroatoms. The molecule has 0 saturated heterocycles. The zero-order valence-electron chi connectivity index (χ0n) is 5.68. The quantitative estimate of drug-likeness (QED) is 0.575. The fourth-order valence-electron chi connectivity index (χ4n) is 1.44. The molecule has 1 aliphatic rings. The summed E-state index contributed by atoms with van der Waals surface area (Å²) in [6.45, 7) is 0. The van der Waals surface area contributed by atoms with Crippen molar-refractivity contribution in [3.63, 3.8) is 0 Å². The first-order valence-corrected chi connectivity index (χ1v) is 3.57. The standard InChI is InChI=1S/C8H9NO/c10-8-3-1-2-6-4-9-5-7(6)8/h4-5,9H,1-3H2. The Morgan fingerprint density at radius 3 is 3.00 bits per heavy atom. The third-order valence-corrected chi connectivity index (χ3v) is 1.98. The lowest BCUT2D eigenvalue weighted by Gasteiger charge is -2.07. The third-order valence-electron chi connectivity index (χ3n) is 1.98. The van der Waals surface area contributed by atoms with Crippen LogP contribution in [0.4, 0.5) is 0 Å². The summed E-state index contributed by atoms with van der Waals surface area (Å²) < 4.78 is 0.